The van der Waals surface area contributed by atoms with Crippen molar-refractivity contribution in [3.8, 4) is 11.4 Å². The zero-order valence-electron chi connectivity index (χ0n) is 16.8. The van der Waals surface area contributed by atoms with E-state index in [-0.39, 0.29) is 17.2 Å². The lowest BCUT2D eigenvalue weighted by molar-refractivity contribution is -0.120. The molecule has 1 heterocycles. The molecule has 3 aromatic carbocycles. The maximum atomic E-state index is 13.2. The number of carbonyl (C=O) groups excluding carboxylic acids is 1. The molecule has 0 atom stereocenters. The Morgan fingerprint density at radius 2 is 1.65 bits per heavy atom. The summed E-state index contributed by atoms with van der Waals surface area (Å²) in [6, 6.07) is 24.0. The van der Waals surface area contributed by atoms with Crippen molar-refractivity contribution >= 4 is 39.8 Å². The molecule has 0 aliphatic carbocycles. The molecule has 0 bridgehead atoms. The molecule has 0 spiro atoms. The fraction of sp³-hybridized carbons (Fsp3) is 0.0833. The SMILES string of the molecule is Cc1ccccc1NC(=S)NC(=O)Cn1c(-c2ccccc2)nc2ccccc2c1=O. The molecule has 1 amide bonds. The average Bonchev–Trinajstić information content (AvgIpc) is 2.77. The highest BCUT2D eigenvalue weighted by Crippen LogP contribution is 2.18. The zero-order valence-corrected chi connectivity index (χ0v) is 17.6. The molecule has 6 nitrogen and oxygen atoms in total. The van der Waals surface area contributed by atoms with Gasteiger partial charge in [0.25, 0.3) is 5.56 Å². The van der Waals surface area contributed by atoms with Gasteiger partial charge in [-0.3, -0.25) is 14.2 Å². The Kier molecular flexibility index (Phi) is 5.86. The summed E-state index contributed by atoms with van der Waals surface area (Å²) in [6.45, 7) is 1.73. The van der Waals surface area contributed by atoms with E-state index in [4.69, 9.17) is 12.2 Å². The molecule has 0 fully saturated rings. The quantitative estimate of drug-likeness (QED) is 0.483. The van der Waals surface area contributed by atoms with Gasteiger partial charge in [0, 0.05) is 11.3 Å². The van der Waals surface area contributed by atoms with Crippen molar-refractivity contribution in [3.05, 3.63) is 94.8 Å². The van der Waals surface area contributed by atoms with Crippen molar-refractivity contribution in [1.29, 1.82) is 0 Å². The van der Waals surface area contributed by atoms with Crippen LogP contribution in [0.5, 0.6) is 0 Å². The first-order valence-electron chi connectivity index (χ1n) is 9.74. The van der Waals surface area contributed by atoms with E-state index in [2.05, 4.69) is 15.6 Å². The molecule has 0 aliphatic heterocycles. The highest BCUT2D eigenvalue weighted by Gasteiger charge is 2.16. The second kappa shape index (κ2) is 8.89. The normalized spacial score (nSPS) is 10.6. The monoisotopic (exact) mass is 428 g/mol. The summed E-state index contributed by atoms with van der Waals surface area (Å²) in [4.78, 5) is 30.6. The number of thiocarbonyl (C=S) groups is 1. The molecular weight excluding hydrogens is 408 g/mol. The predicted molar refractivity (Wildman–Crippen MR) is 127 cm³/mol. The lowest BCUT2D eigenvalue weighted by Gasteiger charge is -2.15. The van der Waals surface area contributed by atoms with E-state index in [9.17, 15) is 9.59 Å². The number of carbonyl (C=O) groups is 1. The van der Waals surface area contributed by atoms with Gasteiger partial charge in [0.2, 0.25) is 5.91 Å². The Labute approximate surface area is 184 Å². The van der Waals surface area contributed by atoms with Crippen LogP contribution in [0.2, 0.25) is 0 Å². The van der Waals surface area contributed by atoms with Crippen molar-refractivity contribution < 1.29 is 4.79 Å². The molecule has 2 N–H and O–H groups in total. The number of aryl methyl sites for hydroxylation is 1. The van der Waals surface area contributed by atoms with Crippen LogP contribution in [0, 0.1) is 6.92 Å². The van der Waals surface area contributed by atoms with Gasteiger partial charge in [-0.05, 0) is 42.9 Å². The molecule has 0 saturated carbocycles. The number of aromatic nitrogens is 2. The van der Waals surface area contributed by atoms with E-state index in [1.807, 2.05) is 67.6 Å². The van der Waals surface area contributed by atoms with Crippen LogP contribution < -0.4 is 16.2 Å². The van der Waals surface area contributed by atoms with Gasteiger partial charge >= 0.3 is 0 Å². The smallest absolute Gasteiger partial charge is 0.262 e. The third-order valence-corrected chi connectivity index (χ3v) is 5.05. The van der Waals surface area contributed by atoms with Crippen LogP contribution in [0.3, 0.4) is 0 Å². The van der Waals surface area contributed by atoms with E-state index in [0.29, 0.717) is 16.7 Å². The Hall–Kier alpha value is -3.84. The largest absolute Gasteiger partial charge is 0.332 e. The fourth-order valence-corrected chi connectivity index (χ4v) is 3.52. The highest BCUT2D eigenvalue weighted by atomic mass is 32.1. The maximum Gasteiger partial charge on any atom is 0.262 e. The van der Waals surface area contributed by atoms with Gasteiger partial charge in [0.05, 0.1) is 10.9 Å². The first-order chi connectivity index (χ1) is 15.0. The van der Waals surface area contributed by atoms with Crippen molar-refractivity contribution in [3.63, 3.8) is 0 Å². The fourth-order valence-electron chi connectivity index (χ4n) is 3.30. The molecule has 0 aliphatic rings. The number of benzene rings is 3. The van der Waals surface area contributed by atoms with Gasteiger partial charge in [-0.25, -0.2) is 4.98 Å². The number of anilines is 1. The Balaban J connectivity index is 1.63. The van der Waals surface area contributed by atoms with Crippen LogP contribution >= 0.6 is 12.2 Å². The van der Waals surface area contributed by atoms with Crippen LogP contribution in [0.1, 0.15) is 5.56 Å². The minimum Gasteiger partial charge on any atom is -0.332 e. The highest BCUT2D eigenvalue weighted by molar-refractivity contribution is 7.80. The number of hydrogen-bond acceptors (Lipinski definition) is 4. The molecule has 31 heavy (non-hydrogen) atoms. The first-order valence-corrected chi connectivity index (χ1v) is 10.2. The van der Waals surface area contributed by atoms with Crippen molar-refractivity contribution in [2.45, 2.75) is 13.5 Å². The topological polar surface area (TPSA) is 76.0 Å². The maximum absolute atomic E-state index is 13.2. The van der Waals surface area contributed by atoms with E-state index >= 15 is 0 Å². The first kappa shape index (κ1) is 20.4. The van der Waals surface area contributed by atoms with Crippen LogP contribution in [-0.4, -0.2) is 20.6 Å². The molecule has 154 valence electrons. The molecular formula is C24H20N4O2S. The minimum atomic E-state index is -0.414. The van der Waals surface area contributed by atoms with Gasteiger partial charge in [0.15, 0.2) is 5.11 Å². The molecule has 0 radical (unpaired) electrons. The van der Waals surface area contributed by atoms with Gasteiger partial charge in [-0.2, -0.15) is 0 Å². The van der Waals surface area contributed by atoms with Gasteiger partial charge < -0.3 is 10.6 Å². The molecule has 0 unspecified atom stereocenters. The van der Waals surface area contributed by atoms with Crippen molar-refractivity contribution in [1.82, 2.24) is 14.9 Å². The minimum absolute atomic E-state index is 0.169. The summed E-state index contributed by atoms with van der Waals surface area (Å²) in [5.41, 5.74) is 2.86. The standard InChI is InChI=1S/C24H20N4O2S/c1-16-9-5-7-13-19(16)26-24(31)27-21(29)15-28-22(17-10-3-2-4-11-17)25-20-14-8-6-12-18(20)23(28)30/h2-14H,15H2,1H3,(H2,26,27,29,31). The summed E-state index contributed by atoms with van der Waals surface area (Å²) in [5.74, 6) is 0.0136. The Bertz CT molecular complexity index is 1330. The average molecular weight is 429 g/mol. The molecule has 1 aromatic heterocycles. The number of nitrogens with one attached hydrogen (secondary N) is 2. The summed E-state index contributed by atoms with van der Waals surface area (Å²) in [5, 5.41) is 6.29. The lowest BCUT2D eigenvalue weighted by Crippen LogP contribution is -2.39. The van der Waals surface area contributed by atoms with Crippen LogP contribution in [0.4, 0.5) is 5.69 Å². The Morgan fingerprint density at radius 3 is 2.42 bits per heavy atom. The number of amides is 1. The number of para-hydroxylation sites is 2. The van der Waals surface area contributed by atoms with Gasteiger partial charge in [-0.15, -0.1) is 0 Å². The third kappa shape index (κ3) is 4.51. The number of rotatable bonds is 4. The summed E-state index contributed by atoms with van der Waals surface area (Å²) >= 11 is 5.28. The van der Waals surface area contributed by atoms with Crippen LogP contribution in [0.15, 0.2) is 83.7 Å². The Morgan fingerprint density at radius 1 is 0.968 bits per heavy atom. The predicted octanol–water partition coefficient (Wildman–Crippen LogP) is 3.89. The van der Waals surface area contributed by atoms with E-state index < -0.39 is 5.91 Å². The van der Waals surface area contributed by atoms with Crippen LogP contribution in [0.25, 0.3) is 22.3 Å². The number of fused-ring (bicyclic) bond motifs is 1. The zero-order chi connectivity index (χ0) is 21.8. The second-order valence-electron chi connectivity index (χ2n) is 7.03. The second-order valence-corrected chi connectivity index (χ2v) is 7.44. The van der Waals surface area contributed by atoms with Crippen molar-refractivity contribution in [2.75, 3.05) is 5.32 Å². The molecule has 4 rings (SSSR count). The third-order valence-electron chi connectivity index (χ3n) is 4.84. The van der Waals surface area contributed by atoms with E-state index in [0.717, 1.165) is 16.8 Å². The van der Waals surface area contributed by atoms with Gasteiger partial charge in [-0.1, -0.05) is 60.7 Å². The van der Waals surface area contributed by atoms with E-state index in [1.54, 1.807) is 18.2 Å². The molecule has 7 heteroatoms. The van der Waals surface area contributed by atoms with Crippen molar-refractivity contribution in [2.24, 2.45) is 0 Å². The van der Waals surface area contributed by atoms with Crippen LogP contribution in [-0.2, 0) is 11.3 Å². The van der Waals surface area contributed by atoms with E-state index in [1.165, 1.54) is 4.57 Å². The van der Waals surface area contributed by atoms with Gasteiger partial charge in [0.1, 0.15) is 12.4 Å². The summed E-state index contributed by atoms with van der Waals surface area (Å²) in [7, 11) is 0. The number of nitrogens with zero attached hydrogens (tertiary/aromatic N) is 2. The summed E-state index contributed by atoms with van der Waals surface area (Å²) < 4.78 is 1.38. The summed E-state index contributed by atoms with van der Waals surface area (Å²) in [6.07, 6.45) is 0. The number of hydrogen-bond donors (Lipinski definition) is 2. The lowest BCUT2D eigenvalue weighted by atomic mass is 10.2. The molecule has 0 saturated heterocycles. The molecule has 4 aromatic rings.